The first-order chi connectivity index (χ1) is 6.23. The molecule has 1 heterocycles. The van der Waals surface area contributed by atoms with Crippen LogP contribution in [0.25, 0.3) is 0 Å². The fourth-order valence-corrected chi connectivity index (χ4v) is 1.16. The molecular formula is C7H3Cl2F4N. The highest BCUT2D eigenvalue weighted by Gasteiger charge is 2.41. The lowest BCUT2D eigenvalue weighted by atomic mass is 10.2. The van der Waals surface area contributed by atoms with Gasteiger partial charge in [0.2, 0.25) is 0 Å². The fraction of sp³-hybridized carbons (Fsp3) is 0.286. The first kappa shape index (κ1) is 11.5. The Kier molecular flexibility index (Phi) is 2.92. The van der Waals surface area contributed by atoms with Gasteiger partial charge in [-0.05, 0) is 35.3 Å². The Hall–Kier alpha value is -0.550. The second-order valence-corrected chi connectivity index (χ2v) is 3.34. The maximum absolute atomic E-state index is 12.6. The van der Waals surface area contributed by atoms with Crippen molar-refractivity contribution in [1.29, 1.82) is 0 Å². The minimum atomic E-state index is -3.96. The van der Waals surface area contributed by atoms with Crippen molar-refractivity contribution < 1.29 is 17.6 Å². The van der Waals surface area contributed by atoms with E-state index in [1.807, 2.05) is 0 Å². The normalized spacial score (nSPS) is 13.0. The van der Waals surface area contributed by atoms with E-state index in [-0.39, 0.29) is 0 Å². The molecule has 7 heteroatoms. The summed E-state index contributed by atoms with van der Waals surface area (Å²) in [5, 5.41) is -7.88. The molecule has 0 N–H and O–H groups in total. The second kappa shape index (κ2) is 3.55. The van der Waals surface area contributed by atoms with Crippen molar-refractivity contribution in [3.63, 3.8) is 0 Å². The van der Waals surface area contributed by atoms with Gasteiger partial charge in [-0.25, -0.2) is 0 Å². The lowest BCUT2D eigenvalue weighted by molar-refractivity contribution is 0.0634. The molecule has 0 fully saturated rings. The van der Waals surface area contributed by atoms with Gasteiger partial charge in [-0.1, -0.05) is 0 Å². The summed E-state index contributed by atoms with van der Waals surface area (Å²) in [5.41, 5.74) is -2.33. The van der Waals surface area contributed by atoms with Gasteiger partial charge >= 0.3 is 10.8 Å². The summed E-state index contributed by atoms with van der Waals surface area (Å²) in [7, 11) is 0. The van der Waals surface area contributed by atoms with Crippen molar-refractivity contribution in [2.24, 2.45) is 0 Å². The molecule has 0 saturated carbocycles. The Morgan fingerprint density at radius 1 is 1.07 bits per heavy atom. The van der Waals surface area contributed by atoms with Crippen LogP contribution in [0.5, 0.6) is 0 Å². The third-order valence-electron chi connectivity index (χ3n) is 1.38. The zero-order valence-electron chi connectivity index (χ0n) is 6.45. The Bertz CT molecular complexity index is 298. The van der Waals surface area contributed by atoms with Gasteiger partial charge in [0.05, 0.1) is 5.56 Å². The molecule has 0 aromatic carbocycles. The van der Waals surface area contributed by atoms with Crippen LogP contribution in [0.3, 0.4) is 0 Å². The molecule has 1 aromatic rings. The molecule has 0 amide bonds. The first-order valence-electron chi connectivity index (χ1n) is 3.32. The van der Waals surface area contributed by atoms with Crippen molar-refractivity contribution in [1.82, 2.24) is 4.98 Å². The second-order valence-electron chi connectivity index (χ2n) is 2.40. The Morgan fingerprint density at radius 2 is 1.64 bits per heavy atom. The monoisotopic (exact) mass is 247 g/mol. The number of alkyl halides is 6. The molecule has 0 radical (unpaired) electrons. The van der Waals surface area contributed by atoms with Crippen LogP contribution >= 0.6 is 23.2 Å². The van der Waals surface area contributed by atoms with E-state index >= 15 is 0 Å². The minimum Gasteiger partial charge on any atom is -0.253 e. The van der Waals surface area contributed by atoms with Crippen molar-refractivity contribution in [2.45, 2.75) is 10.8 Å². The van der Waals surface area contributed by atoms with E-state index in [9.17, 15) is 17.6 Å². The molecule has 0 bridgehead atoms. The van der Waals surface area contributed by atoms with Gasteiger partial charge in [-0.3, -0.25) is 4.98 Å². The van der Waals surface area contributed by atoms with Crippen molar-refractivity contribution in [2.75, 3.05) is 0 Å². The van der Waals surface area contributed by atoms with Crippen LogP contribution in [0.2, 0.25) is 0 Å². The molecule has 0 aliphatic carbocycles. The van der Waals surface area contributed by atoms with Gasteiger partial charge in [-0.15, -0.1) is 0 Å². The van der Waals surface area contributed by atoms with Crippen LogP contribution in [0.4, 0.5) is 17.6 Å². The van der Waals surface area contributed by atoms with E-state index in [1.165, 1.54) is 0 Å². The molecule has 0 aliphatic heterocycles. The van der Waals surface area contributed by atoms with Crippen LogP contribution in [0, 0.1) is 0 Å². The van der Waals surface area contributed by atoms with Crippen LogP contribution in [-0.2, 0) is 10.8 Å². The van der Waals surface area contributed by atoms with Crippen LogP contribution in [0.15, 0.2) is 18.3 Å². The highest BCUT2D eigenvalue weighted by molar-refractivity contribution is 6.23. The van der Waals surface area contributed by atoms with Gasteiger partial charge in [0.1, 0.15) is 5.69 Å². The Balaban J connectivity index is 3.31. The van der Waals surface area contributed by atoms with Crippen molar-refractivity contribution >= 4 is 23.2 Å². The quantitative estimate of drug-likeness (QED) is 0.574. The third-order valence-corrected chi connectivity index (χ3v) is 1.76. The van der Waals surface area contributed by atoms with Crippen LogP contribution in [0.1, 0.15) is 11.3 Å². The number of hydrogen-bond acceptors (Lipinski definition) is 1. The summed E-state index contributed by atoms with van der Waals surface area (Å²) in [6.07, 6.45) is 0.928. The summed E-state index contributed by atoms with van der Waals surface area (Å²) in [6.45, 7) is 0. The molecule has 78 valence electrons. The largest absolute Gasteiger partial charge is 0.365 e. The smallest absolute Gasteiger partial charge is 0.253 e. The fourth-order valence-electron chi connectivity index (χ4n) is 0.860. The average molecular weight is 248 g/mol. The van der Waals surface area contributed by atoms with Crippen molar-refractivity contribution in [3.05, 3.63) is 29.6 Å². The van der Waals surface area contributed by atoms with Gasteiger partial charge in [0, 0.05) is 6.20 Å². The van der Waals surface area contributed by atoms with E-state index in [0.717, 1.165) is 18.3 Å². The Labute approximate surface area is 86.6 Å². The average Bonchev–Trinajstić information content (AvgIpc) is 2.01. The Morgan fingerprint density at radius 3 is 2.00 bits per heavy atom. The summed E-state index contributed by atoms with van der Waals surface area (Å²) >= 11 is 9.19. The molecule has 14 heavy (non-hydrogen) atoms. The summed E-state index contributed by atoms with van der Waals surface area (Å²) in [4.78, 5) is 3.07. The molecule has 0 aliphatic rings. The number of nitrogens with zero attached hydrogens (tertiary/aromatic N) is 1. The summed E-state index contributed by atoms with van der Waals surface area (Å²) in [6, 6.07) is 1.81. The summed E-state index contributed by atoms with van der Waals surface area (Å²) < 4.78 is 50.3. The number of hydrogen-bond donors (Lipinski definition) is 0. The number of rotatable bonds is 2. The predicted molar refractivity (Wildman–Crippen MR) is 43.7 cm³/mol. The SMILES string of the molecule is FC(F)(Cl)c1cccnc1C(F)(F)Cl. The van der Waals surface area contributed by atoms with Crippen LogP contribution < -0.4 is 0 Å². The van der Waals surface area contributed by atoms with E-state index in [4.69, 9.17) is 0 Å². The van der Waals surface area contributed by atoms with E-state index < -0.39 is 22.0 Å². The van der Waals surface area contributed by atoms with E-state index in [2.05, 4.69) is 28.2 Å². The highest BCUT2D eigenvalue weighted by atomic mass is 35.5. The molecule has 0 spiro atoms. The highest BCUT2D eigenvalue weighted by Crippen LogP contribution is 2.41. The molecule has 1 aromatic heterocycles. The topological polar surface area (TPSA) is 12.9 Å². The zero-order valence-corrected chi connectivity index (χ0v) is 7.96. The standard InChI is InChI=1S/C7H3Cl2F4N/c8-6(10,11)4-2-1-3-14-5(4)7(9,12)13/h1-3H. The van der Waals surface area contributed by atoms with E-state index in [0.29, 0.717) is 0 Å². The summed E-state index contributed by atoms with van der Waals surface area (Å²) in [5.74, 6) is 0. The van der Waals surface area contributed by atoms with Crippen molar-refractivity contribution in [3.8, 4) is 0 Å². The molecule has 0 unspecified atom stereocenters. The minimum absolute atomic E-state index is 0.742. The van der Waals surface area contributed by atoms with Crippen LogP contribution in [-0.4, -0.2) is 4.98 Å². The molecule has 1 nitrogen and oxygen atoms in total. The van der Waals surface area contributed by atoms with Gasteiger partial charge in [0.25, 0.3) is 0 Å². The molecular weight excluding hydrogens is 245 g/mol. The number of halogens is 6. The molecule has 0 atom stereocenters. The maximum atomic E-state index is 12.6. The zero-order chi connectivity index (χ0) is 11.0. The lowest BCUT2D eigenvalue weighted by Crippen LogP contribution is -2.16. The van der Waals surface area contributed by atoms with Gasteiger partial charge in [0.15, 0.2) is 0 Å². The lowest BCUT2D eigenvalue weighted by Gasteiger charge is -2.15. The third kappa shape index (κ3) is 2.48. The predicted octanol–water partition coefficient (Wildman–Crippen LogP) is 3.66. The first-order valence-corrected chi connectivity index (χ1v) is 4.08. The van der Waals surface area contributed by atoms with Gasteiger partial charge < -0.3 is 0 Å². The number of aromatic nitrogens is 1. The van der Waals surface area contributed by atoms with E-state index in [1.54, 1.807) is 0 Å². The maximum Gasteiger partial charge on any atom is 0.365 e. The number of pyridine rings is 1. The van der Waals surface area contributed by atoms with Gasteiger partial charge in [-0.2, -0.15) is 17.6 Å². The molecule has 1 rings (SSSR count). The molecule has 0 saturated heterocycles.